The zero-order chi connectivity index (χ0) is 14.2. The summed E-state index contributed by atoms with van der Waals surface area (Å²) in [6, 6.07) is 5.84. The van der Waals surface area contributed by atoms with Crippen molar-refractivity contribution in [3.05, 3.63) is 35.0 Å². The van der Waals surface area contributed by atoms with Crippen LogP contribution in [0.3, 0.4) is 0 Å². The van der Waals surface area contributed by atoms with Crippen molar-refractivity contribution >= 4 is 28.6 Å². The van der Waals surface area contributed by atoms with E-state index >= 15 is 0 Å². The maximum absolute atomic E-state index is 11.4. The summed E-state index contributed by atoms with van der Waals surface area (Å²) in [7, 11) is 0. The second-order valence-corrected chi connectivity index (χ2v) is 5.68. The van der Waals surface area contributed by atoms with Gasteiger partial charge in [-0.2, -0.15) is 0 Å². The van der Waals surface area contributed by atoms with Crippen LogP contribution in [0.1, 0.15) is 25.3 Å². The lowest BCUT2D eigenvalue weighted by atomic mass is 9.95. The Bertz CT molecular complexity index is 646. The standard InChI is InChI=1S/C15H17ClN2O2/c1-2-20-14(19)18-9-15(5-6-15)12-8-17-13-4-3-10(16)7-11(12)13/h3-4,7-8,17H,2,5-6,9H2,1H3,(H,18,19). The predicted octanol–water partition coefficient (Wildman–Crippen LogP) is 3.60. The molecule has 2 aromatic rings. The molecule has 106 valence electrons. The second kappa shape index (κ2) is 5.02. The highest BCUT2D eigenvalue weighted by Crippen LogP contribution is 2.50. The predicted molar refractivity (Wildman–Crippen MR) is 79.2 cm³/mol. The highest BCUT2D eigenvalue weighted by molar-refractivity contribution is 6.31. The van der Waals surface area contributed by atoms with Crippen LogP contribution in [0.5, 0.6) is 0 Å². The second-order valence-electron chi connectivity index (χ2n) is 5.25. The Morgan fingerprint density at radius 3 is 3.00 bits per heavy atom. The molecular formula is C15H17ClN2O2. The molecule has 1 amide bonds. The van der Waals surface area contributed by atoms with Crippen LogP contribution in [-0.4, -0.2) is 24.2 Å². The van der Waals surface area contributed by atoms with Crippen molar-refractivity contribution in [3.63, 3.8) is 0 Å². The summed E-state index contributed by atoms with van der Waals surface area (Å²) in [5.41, 5.74) is 2.33. The Morgan fingerprint density at radius 2 is 2.30 bits per heavy atom. The molecule has 0 saturated heterocycles. The molecule has 1 aliphatic rings. The molecule has 5 heteroatoms. The van der Waals surface area contributed by atoms with E-state index in [-0.39, 0.29) is 11.5 Å². The molecule has 0 spiro atoms. The lowest BCUT2D eigenvalue weighted by molar-refractivity contribution is 0.151. The first-order valence-electron chi connectivity index (χ1n) is 6.82. The summed E-state index contributed by atoms with van der Waals surface area (Å²) in [4.78, 5) is 14.7. The Hall–Kier alpha value is -1.68. The largest absolute Gasteiger partial charge is 0.450 e. The summed E-state index contributed by atoms with van der Waals surface area (Å²) in [6.45, 7) is 2.79. The van der Waals surface area contributed by atoms with Crippen LogP contribution >= 0.6 is 11.6 Å². The minimum absolute atomic E-state index is 0.0235. The van der Waals surface area contributed by atoms with Crippen LogP contribution in [0.25, 0.3) is 10.9 Å². The number of H-pyrrole nitrogens is 1. The Labute approximate surface area is 122 Å². The van der Waals surface area contributed by atoms with Crippen molar-refractivity contribution < 1.29 is 9.53 Å². The molecular weight excluding hydrogens is 276 g/mol. The van der Waals surface area contributed by atoms with Gasteiger partial charge in [0.25, 0.3) is 0 Å². The SMILES string of the molecule is CCOC(=O)NCC1(c2c[nH]c3ccc(Cl)cc23)CC1. The molecule has 1 aliphatic carbocycles. The third-order valence-corrected chi connectivity index (χ3v) is 4.15. The molecule has 4 nitrogen and oxygen atoms in total. The summed E-state index contributed by atoms with van der Waals surface area (Å²) < 4.78 is 4.91. The van der Waals surface area contributed by atoms with Crippen molar-refractivity contribution in [2.24, 2.45) is 0 Å². The van der Waals surface area contributed by atoms with Crippen molar-refractivity contribution in [1.29, 1.82) is 0 Å². The van der Waals surface area contributed by atoms with E-state index in [0.717, 1.165) is 28.8 Å². The number of aromatic nitrogens is 1. The van der Waals surface area contributed by atoms with E-state index < -0.39 is 0 Å². The van der Waals surface area contributed by atoms with Gasteiger partial charge >= 0.3 is 6.09 Å². The van der Waals surface area contributed by atoms with Gasteiger partial charge in [-0.25, -0.2) is 4.79 Å². The molecule has 0 atom stereocenters. The molecule has 20 heavy (non-hydrogen) atoms. The van der Waals surface area contributed by atoms with Crippen molar-refractivity contribution in [1.82, 2.24) is 10.3 Å². The maximum Gasteiger partial charge on any atom is 0.407 e. The van der Waals surface area contributed by atoms with Gasteiger partial charge in [-0.05, 0) is 43.5 Å². The third-order valence-electron chi connectivity index (χ3n) is 3.92. The van der Waals surface area contributed by atoms with Crippen molar-refractivity contribution in [2.45, 2.75) is 25.2 Å². The molecule has 2 N–H and O–H groups in total. The Balaban J connectivity index is 1.83. The van der Waals surface area contributed by atoms with E-state index in [9.17, 15) is 4.79 Å². The topological polar surface area (TPSA) is 54.1 Å². The first-order chi connectivity index (χ1) is 9.64. The van der Waals surface area contributed by atoms with Gasteiger partial charge in [-0.15, -0.1) is 0 Å². The normalized spacial score (nSPS) is 16.1. The highest BCUT2D eigenvalue weighted by atomic mass is 35.5. The molecule has 0 bridgehead atoms. The maximum atomic E-state index is 11.4. The number of hydrogen-bond donors (Lipinski definition) is 2. The number of hydrogen-bond acceptors (Lipinski definition) is 2. The minimum atomic E-state index is -0.350. The van der Waals surface area contributed by atoms with E-state index in [1.54, 1.807) is 6.92 Å². The quantitative estimate of drug-likeness (QED) is 0.904. The van der Waals surface area contributed by atoms with E-state index in [1.807, 2.05) is 24.4 Å². The van der Waals surface area contributed by atoms with Gasteiger partial charge in [0.05, 0.1) is 6.61 Å². The number of benzene rings is 1. The van der Waals surface area contributed by atoms with Crippen molar-refractivity contribution in [2.75, 3.05) is 13.2 Å². The van der Waals surface area contributed by atoms with Gasteiger partial charge in [0.2, 0.25) is 0 Å². The average molecular weight is 293 g/mol. The fourth-order valence-electron chi connectivity index (χ4n) is 2.65. The van der Waals surface area contributed by atoms with Crippen LogP contribution in [0.15, 0.2) is 24.4 Å². The van der Waals surface area contributed by atoms with Crippen LogP contribution < -0.4 is 5.32 Å². The summed E-state index contributed by atoms with van der Waals surface area (Å²) in [5, 5.41) is 4.71. The fraction of sp³-hybridized carbons (Fsp3) is 0.400. The number of amides is 1. The minimum Gasteiger partial charge on any atom is -0.450 e. The summed E-state index contributed by atoms with van der Waals surface area (Å²) in [5.74, 6) is 0. The number of ether oxygens (including phenoxy) is 1. The number of aromatic amines is 1. The molecule has 0 unspecified atom stereocenters. The highest BCUT2D eigenvalue weighted by Gasteiger charge is 2.46. The van der Waals surface area contributed by atoms with Gasteiger partial charge in [0.15, 0.2) is 0 Å². The monoisotopic (exact) mass is 292 g/mol. The van der Waals surface area contributed by atoms with E-state index in [4.69, 9.17) is 16.3 Å². The lowest BCUT2D eigenvalue weighted by Gasteiger charge is -2.15. The third kappa shape index (κ3) is 2.36. The number of fused-ring (bicyclic) bond motifs is 1. The lowest BCUT2D eigenvalue weighted by Crippen LogP contribution is -2.32. The first-order valence-corrected chi connectivity index (χ1v) is 7.20. The number of nitrogens with one attached hydrogen (secondary N) is 2. The molecule has 1 fully saturated rings. The van der Waals surface area contributed by atoms with Gasteiger partial charge in [0.1, 0.15) is 0 Å². The number of rotatable bonds is 4. The molecule has 3 rings (SSSR count). The zero-order valence-electron chi connectivity index (χ0n) is 11.3. The van der Waals surface area contributed by atoms with E-state index in [2.05, 4.69) is 10.3 Å². The van der Waals surface area contributed by atoms with Gasteiger partial charge in [-0.1, -0.05) is 11.6 Å². The number of carbonyl (C=O) groups excluding carboxylic acids is 1. The Morgan fingerprint density at radius 1 is 1.50 bits per heavy atom. The number of alkyl carbamates (subject to hydrolysis) is 1. The molecule has 1 saturated carbocycles. The average Bonchev–Trinajstić information content (AvgIpc) is 3.10. The van der Waals surface area contributed by atoms with E-state index in [1.165, 1.54) is 5.56 Å². The van der Waals surface area contributed by atoms with E-state index in [0.29, 0.717) is 13.2 Å². The number of halogens is 1. The Kier molecular flexibility index (Phi) is 3.34. The van der Waals surface area contributed by atoms with Crippen LogP contribution in [0.2, 0.25) is 5.02 Å². The molecule has 1 aromatic heterocycles. The zero-order valence-corrected chi connectivity index (χ0v) is 12.1. The summed E-state index contributed by atoms with van der Waals surface area (Å²) in [6.07, 6.45) is 3.81. The van der Waals surface area contributed by atoms with Gasteiger partial charge < -0.3 is 15.0 Å². The molecule has 1 heterocycles. The molecule has 0 radical (unpaired) electrons. The van der Waals surface area contributed by atoms with Gasteiger partial charge in [0, 0.05) is 34.1 Å². The van der Waals surface area contributed by atoms with Crippen LogP contribution in [0, 0.1) is 0 Å². The first kappa shape index (κ1) is 13.3. The molecule has 1 aromatic carbocycles. The van der Waals surface area contributed by atoms with Crippen LogP contribution in [0.4, 0.5) is 4.79 Å². The van der Waals surface area contributed by atoms with Gasteiger partial charge in [-0.3, -0.25) is 0 Å². The fourth-order valence-corrected chi connectivity index (χ4v) is 2.82. The summed E-state index contributed by atoms with van der Waals surface area (Å²) >= 11 is 6.08. The molecule has 0 aliphatic heterocycles. The van der Waals surface area contributed by atoms with Crippen molar-refractivity contribution in [3.8, 4) is 0 Å². The van der Waals surface area contributed by atoms with Crippen LogP contribution in [-0.2, 0) is 10.2 Å². The number of carbonyl (C=O) groups is 1. The smallest absolute Gasteiger partial charge is 0.407 e.